The molecule has 0 radical (unpaired) electrons. The molecule has 0 fully saturated rings. The molecule has 2 aromatic rings. The van der Waals surface area contributed by atoms with Crippen LogP contribution < -0.4 is 0 Å². The minimum atomic E-state index is 0.403. The smallest absolute Gasteiger partial charge is 0.0661 e. The van der Waals surface area contributed by atoms with E-state index >= 15 is 0 Å². The maximum atomic E-state index is 8.17. The topological polar surface area (TPSA) is 66.6 Å². The van der Waals surface area contributed by atoms with Crippen molar-refractivity contribution in [2.24, 2.45) is 5.11 Å². The van der Waals surface area contributed by atoms with E-state index in [2.05, 4.69) is 27.0 Å². The monoisotopic (exact) mass is 265 g/mol. The van der Waals surface area contributed by atoms with Gasteiger partial charge in [-0.3, -0.25) is 0 Å². The molecule has 0 N–H and O–H groups in total. The standard InChI is InChI=1S/C15H15N5/c1-12-10-13(2)20(18-12)15-8-5-7-14(11-15)6-3-4-9-17-19-16/h5,7-8,10-11H,4,9H2,1-2H3. The van der Waals surface area contributed by atoms with Crippen molar-refractivity contribution >= 4 is 0 Å². The molecule has 1 aromatic heterocycles. The number of azide groups is 1. The summed E-state index contributed by atoms with van der Waals surface area (Å²) in [6, 6.07) is 9.96. The van der Waals surface area contributed by atoms with Crippen LogP contribution in [0, 0.1) is 25.7 Å². The Morgan fingerprint density at radius 2 is 2.20 bits per heavy atom. The fourth-order valence-electron chi connectivity index (χ4n) is 1.92. The summed E-state index contributed by atoms with van der Waals surface area (Å²) < 4.78 is 1.90. The Morgan fingerprint density at radius 1 is 1.35 bits per heavy atom. The van der Waals surface area contributed by atoms with E-state index < -0.39 is 0 Å². The van der Waals surface area contributed by atoms with Crippen molar-refractivity contribution < 1.29 is 0 Å². The molecule has 5 nitrogen and oxygen atoms in total. The Labute approximate surface area is 117 Å². The molecule has 1 aromatic carbocycles. The predicted molar refractivity (Wildman–Crippen MR) is 78.5 cm³/mol. The zero-order valence-corrected chi connectivity index (χ0v) is 11.5. The van der Waals surface area contributed by atoms with Crippen molar-refractivity contribution in [2.75, 3.05) is 6.54 Å². The third kappa shape index (κ3) is 3.41. The molecule has 2 rings (SSSR count). The lowest BCUT2D eigenvalue weighted by molar-refractivity contribution is 0.833. The van der Waals surface area contributed by atoms with Crippen LogP contribution in [0.4, 0.5) is 0 Å². The number of aryl methyl sites for hydroxylation is 2. The highest BCUT2D eigenvalue weighted by Crippen LogP contribution is 2.13. The van der Waals surface area contributed by atoms with Crippen molar-refractivity contribution in [3.63, 3.8) is 0 Å². The number of hydrogen-bond acceptors (Lipinski definition) is 2. The molecular weight excluding hydrogens is 250 g/mol. The van der Waals surface area contributed by atoms with Crippen molar-refractivity contribution in [3.8, 4) is 17.5 Å². The van der Waals surface area contributed by atoms with Crippen LogP contribution in [0.2, 0.25) is 0 Å². The molecule has 5 heteroatoms. The Hall–Kier alpha value is -2.70. The van der Waals surface area contributed by atoms with Gasteiger partial charge in [0.2, 0.25) is 0 Å². The number of rotatable bonds is 3. The molecule has 20 heavy (non-hydrogen) atoms. The van der Waals surface area contributed by atoms with Crippen LogP contribution in [0.1, 0.15) is 23.4 Å². The van der Waals surface area contributed by atoms with Crippen LogP contribution >= 0.6 is 0 Å². The van der Waals surface area contributed by atoms with Crippen molar-refractivity contribution in [1.82, 2.24) is 9.78 Å². The van der Waals surface area contributed by atoms with E-state index in [1.54, 1.807) is 0 Å². The first-order valence-corrected chi connectivity index (χ1v) is 6.34. The summed E-state index contributed by atoms with van der Waals surface area (Å²) in [4.78, 5) is 2.69. The molecule has 0 saturated heterocycles. The maximum absolute atomic E-state index is 8.17. The molecule has 0 saturated carbocycles. The summed E-state index contributed by atoms with van der Waals surface area (Å²) in [5.41, 5.74) is 12.2. The second kappa shape index (κ2) is 6.46. The molecular formula is C15H15N5. The van der Waals surface area contributed by atoms with E-state index in [0.717, 1.165) is 22.6 Å². The highest BCUT2D eigenvalue weighted by molar-refractivity contribution is 5.44. The van der Waals surface area contributed by atoms with E-state index in [0.29, 0.717) is 13.0 Å². The lowest BCUT2D eigenvalue weighted by Crippen LogP contribution is -1.99. The quantitative estimate of drug-likeness (QED) is 0.275. The summed E-state index contributed by atoms with van der Waals surface area (Å²) in [6.07, 6.45) is 0.564. The molecule has 1 heterocycles. The van der Waals surface area contributed by atoms with Crippen molar-refractivity contribution in [1.29, 1.82) is 0 Å². The van der Waals surface area contributed by atoms with Gasteiger partial charge in [-0.15, -0.1) is 0 Å². The third-order valence-electron chi connectivity index (χ3n) is 2.73. The normalized spacial score (nSPS) is 9.50. The highest BCUT2D eigenvalue weighted by Gasteiger charge is 2.03. The molecule has 100 valence electrons. The molecule has 0 aliphatic carbocycles. The van der Waals surface area contributed by atoms with Gasteiger partial charge in [-0.05, 0) is 43.6 Å². The van der Waals surface area contributed by atoms with Gasteiger partial charge in [0, 0.05) is 29.1 Å². The summed E-state index contributed by atoms with van der Waals surface area (Å²) in [6.45, 7) is 4.40. The molecule has 0 atom stereocenters. The van der Waals surface area contributed by atoms with Gasteiger partial charge in [0.05, 0.1) is 11.4 Å². The van der Waals surface area contributed by atoms with Gasteiger partial charge in [-0.1, -0.05) is 23.0 Å². The third-order valence-corrected chi connectivity index (χ3v) is 2.73. The summed E-state index contributed by atoms with van der Waals surface area (Å²) in [5.74, 6) is 6.06. The van der Waals surface area contributed by atoms with E-state index in [-0.39, 0.29) is 0 Å². The molecule has 0 aliphatic rings. The lowest BCUT2D eigenvalue weighted by atomic mass is 10.2. The fourth-order valence-corrected chi connectivity index (χ4v) is 1.92. The van der Waals surface area contributed by atoms with Crippen LogP contribution in [-0.4, -0.2) is 16.3 Å². The van der Waals surface area contributed by atoms with Crippen LogP contribution in [0.5, 0.6) is 0 Å². The second-order valence-electron chi connectivity index (χ2n) is 4.40. The van der Waals surface area contributed by atoms with E-state index in [4.69, 9.17) is 5.53 Å². The maximum Gasteiger partial charge on any atom is 0.0661 e. The molecule has 0 unspecified atom stereocenters. The first-order chi connectivity index (χ1) is 9.70. The zero-order valence-electron chi connectivity index (χ0n) is 11.5. The number of aromatic nitrogens is 2. The average molecular weight is 265 g/mol. The van der Waals surface area contributed by atoms with Gasteiger partial charge in [0.25, 0.3) is 0 Å². The van der Waals surface area contributed by atoms with Gasteiger partial charge in [0.1, 0.15) is 0 Å². The predicted octanol–water partition coefficient (Wildman–Crippen LogP) is 3.54. The van der Waals surface area contributed by atoms with Crippen molar-refractivity contribution in [2.45, 2.75) is 20.3 Å². The Bertz CT molecular complexity index is 711. The van der Waals surface area contributed by atoms with Gasteiger partial charge in [-0.25, -0.2) is 4.68 Å². The molecule has 0 amide bonds. The summed E-state index contributed by atoms with van der Waals surface area (Å²) in [7, 11) is 0. The van der Waals surface area contributed by atoms with Crippen molar-refractivity contribution in [3.05, 3.63) is 57.7 Å². The lowest BCUT2D eigenvalue weighted by Gasteiger charge is -2.04. The summed E-state index contributed by atoms with van der Waals surface area (Å²) >= 11 is 0. The molecule has 0 spiro atoms. The first-order valence-electron chi connectivity index (χ1n) is 6.34. The van der Waals surface area contributed by atoms with Crippen LogP contribution in [0.15, 0.2) is 35.4 Å². The Morgan fingerprint density at radius 3 is 2.90 bits per heavy atom. The van der Waals surface area contributed by atoms with Gasteiger partial charge >= 0.3 is 0 Å². The zero-order chi connectivity index (χ0) is 14.4. The van der Waals surface area contributed by atoms with E-state index in [1.807, 2.05) is 48.9 Å². The SMILES string of the molecule is Cc1cc(C)n(-c2cccc(C#CCCN=[N+]=[N-])c2)n1. The van der Waals surface area contributed by atoms with E-state index in [1.165, 1.54) is 0 Å². The van der Waals surface area contributed by atoms with Gasteiger partial charge in [-0.2, -0.15) is 5.10 Å². The Kier molecular flexibility index (Phi) is 4.43. The number of hydrogen-bond donors (Lipinski definition) is 0. The number of nitrogens with zero attached hydrogens (tertiary/aromatic N) is 5. The van der Waals surface area contributed by atoms with Crippen LogP contribution in [-0.2, 0) is 0 Å². The molecule has 0 aliphatic heterocycles. The number of benzene rings is 1. The minimum Gasteiger partial charge on any atom is -0.238 e. The Balaban J connectivity index is 2.20. The van der Waals surface area contributed by atoms with Crippen LogP contribution in [0.25, 0.3) is 16.1 Å². The second-order valence-corrected chi connectivity index (χ2v) is 4.40. The minimum absolute atomic E-state index is 0.403. The molecule has 0 bridgehead atoms. The largest absolute Gasteiger partial charge is 0.238 e. The average Bonchev–Trinajstić information content (AvgIpc) is 2.78. The van der Waals surface area contributed by atoms with Gasteiger partial charge < -0.3 is 0 Å². The van der Waals surface area contributed by atoms with E-state index in [9.17, 15) is 0 Å². The first kappa shape index (κ1) is 13.7. The summed E-state index contributed by atoms with van der Waals surface area (Å²) in [5, 5.41) is 7.90. The fraction of sp³-hybridized carbons (Fsp3) is 0.267. The highest BCUT2D eigenvalue weighted by atomic mass is 15.3. The van der Waals surface area contributed by atoms with Gasteiger partial charge in [0.15, 0.2) is 0 Å². The van der Waals surface area contributed by atoms with Crippen LogP contribution in [0.3, 0.4) is 0 Å².